The zero-order valence-electron chi connectivity index (χ0n) is 83.5. The third kappa shape index (κ3) is 36.5. The minimum Gasteiger partial charge on any atom is -0.361 e. The van der Waals surface area contributed by atoms with Gasteiger partial charge in [-0.2, -0.15) is 0 Å². The lowest BCUT2D eigenvalue weighted by Gasteiger charge is -2.36. The van der Waals surface area contributed by atoms with E-state index in [9.17, 15) is 28.8 Å². The van der Waals surface area contributed by atoms with Crippen molar-refractivity contribution >= 4 is 35.4 Å². The Balaban J connectivity index is 0.000000738. The Morgan fingerprint density at radius 3 is 0.707 bits per heavy atom. The molecule has 0 aromatic carbocycles. The first-order valence-electron chi connectivity index (χ1n) is 47.5. The molecule has 0 spiro atoms. The fraction of sp³-hybridized carbons (Fsp3) is 0.758. The van der Waals surface area contributed by atoms with Crippen molar-refractivity contribution < 1.29 is 55.9 Å². The van der Waals surface area contributed by atoms with Crippen molar-refractivity contribution in [3.05, 3.63) is 104 Å². The van der Waals surface area contributed by atoms with E-state index >= 15 is 0 Å². The van der Waals surface area contributed by atoms with Crippen molar-refractivity contribution in [1.29, 1.82) is 0 Å². The molecule has 0 saturated heterocycles. The number of hydrogen-bond donors (Lipinski definition) is 6. The van der Waals surface area contributed by atoms with E-state index in [1.807, 2.05) is 69.2 Å². The van der Waals surface area contributed by atoms with Crippen molar-refractivity contribution in [1.82, 2.24) is 62.8 Å². The van der Waals surface area contributed by atoms with E-state index < -0.39 is 0 Å². The van der Waals surface area contributed by atoms with Crippen LogP contribution in [0.1, 0.15) is 476 Å². The molecule has 123 heavy (non-hydrogen) atoms. The van der Waals surface area contributed by atoms with E-state index in [0.717, 1.165) is 167 Å². The molecule has 0 bridgehead atoms. The van der Waals surface area contributed by atoms with Gasteiger partial charge in [0.25, 0.3) is 35.4 Å². The molecule has 6 amide bonds. The van der Waals surface area contributed by atoms with Crippen LogP contribution >= 0.6 is 0 Å². The van der Waals surface area contributed by atoms with Crippen LogP contribution in [0.4, 0.5) is 0 Å². The van der Waals surface area contributed by atoms with Gasteiger partial charge in [0.2, 0.25) is 0 Å². The van der Waals surface area contributed by atoms with Crippen molar-refractivity contribution in [2.45, 2.75) is 457 Å². The Morgan fingerprint density at radius 2 is 0.496 bits per heavy atom. The molecule has 0 aliphatic rings. The molecule has 24 heteroatoms. The van der Waals surface area contributed by atoms with Gasteiger partial charge < -0.3 is 59.0 Å². The Morgan fingerprint density at radius 1 is 0.276 bits per heavy atom. The molecule has 6 aromatic heterocycles. The summed E-state index contributed by atoms with van der Waals surface area (Å²) in [7, 11) is 0. The van der Waals surface area contributed by atoms with Gasteiger partial charge in [0, 0.05) is 110 Å². The maximum Gasteiger partial charge on any atom is 0.273 e. The molecule has 6 rings (SSSR count). The Hall–Kier alpha value is -7.92. The summed E-state index contributed by atoms with van der Waals surface area (Å²) < 4.78 is 30.9. The van der Waals surface area contributed by atoms with Crippen molar-refractivity contribution in [3.63, 3.8) is 0 Å². The van der Waals surface area contributed by atoms with Crippen LogP contribution in [0.3, 0.4) is 0 Å². The third-order valence-electron chi connectivity index (χ3n) is 26.7. The number of aromatic nitrogens is 6. The molecule has 10 atom stereocenters. The molecule has 0 fully saturated rings. The summed E-state index contributed by atoms with van der Waals surface area (Å²) in [5.41, 5.74) is 5.65. The maximum absolute atomic E-state index is 12.5. The predicted octanol–water partition coefficient (Wildman–Crippen LogP) is 24.7. The highest BCUT2D eigenvalue weighted by Crippen LogP contribution is 2.38. The molecule has 6 N–H and O–H groups in total. The molecule has 0 radical (unpaired) electrons. The van der Waals surface area contributed by atoms with Gasteiger partial charge in [-0.05, 0) is 159 Å². The van der Waals surface area contributed by atoms with Crippen LogP contribution in [0.5, 0.6) is 0 Å². The highest BCUT2D eigenvalue weighted by atomic mass is 16.5. The number of hydrogen-bond acceptors (Lipinski definition) is 18. The van der Waals surface area contributed by atoms with E-state index in [2.05, 4.69) is 222 Å². The summed E-state index contributed by atoms with van der Waals surface area (Å²) in [6.45, 7) is 69.9. The lowest BCUT2D eigenvalue weighted by Crippen LogP contribution is -2.44. The van der Waals surface area contributed by atoms with Gasteiger partial charge in [0.1, 0.15) is 34.6 Å². The molecule has 702 valence electrons. The van der Waals surface area contributed by atoms with E-state index in [0.29, 0.717) is 34.2 Å². The highest BCUT2D eigenvalue weighted by Gasteiger charge is 2.37. The first-order valence-corrected chi connectivity index (χ1v) is 47.5. The smallest absolute Gasteiger partial charge is 0.273 e. The first kappa shape index (κ1) is 113. The number of nitrogens with one attached hydrogen (secondary N) is 6. The summed E-state index contributed by atoms with van der Waals surface area (Å²) in [5.74, 6) is 3.78. The van der Waals surface area contributed by atoms with Crippen LogP contribution in [0.25, 0.3) is 0 Å². The van der Waals surface area contributed by atoms with Gasteiger partial charge in [-0.15, -0.1) is 0 Å². The normalized spacial score (nSPS) is 14.8. The van der Waals surface area contributed by atoms with Crippen molar-refractivity contribution in [2.75, 3.05) is 0 Å². The van der Waals surface area contributed by atoms with Crippen molar-refractivity contribution in [3.8, 4) is 0 Å². The fourth-order valence-corrected chi connectivity index (χ4v) is 14.9. The minimum atomic E-state index is -0.152. The molecular weight excluding hydrogens is 1550 g/mol. The van der Waals surface area contributed by atoms with Crippen LogP contribution in [0.2, 0.25) is 0 Å². The maximum atomic E-state index is 12.5. The van der Waals surface area contributed by atoms with Gasteiger partial charge in [-0.3, -0.25) is 28.8 Å². The number of aryl methyl sites for hydroxylation is 6. The van der Waals surface area contributed by atoms with E-state index in [-0.39, 0.29) is 104 Å². The van der Waals surface area contributed by atoms with Gasteiger partial charge in [0.05, 0.1) is 0 Å². The minimum absolute atomic E-state index is 0.0803. The summed E-state index contributed by atoms with van der Waals surface area (Å²) >= 11 is 0. The predicted molar refractivity (Wildman–Crippen MR) is 499 cm³/mol. The quantitative estimate of drug-likeness (QED) is 0.0207. The topological polar surface area (TPSA) is 331 Å². The summed E-state index contributed by atoms with van der Waals surface area (Å²) in [6, 6.07) is 5.84. The van der Waals surface area contributed by atoms with Crippen LogP contribution in [-0.4, -0.2) is 103 Å². The van der Waals surface area contributed by atoms with E-state index in [4.69, 9.17) is 27.1 Å². The highest BCUT2D eigenvalue weighted by molar-refractivity contribution is 5.96. The molecule has 10 unspecified atom stereocenters. The van der Waals surface area contributed by atoms with Crippen LogP contribution in [0.15, 0.2) is 45.3 Å². The molecular formula is C99H174N12O12. The lowest BCUT2D eigenvalue weighted by molar-refractivity contribution is 0.0861. The van der Waals surface area contributed by atoms with Gasteiger partial charge >= 0.3 is 0 Å². The molecule has 6 heterocycles. The molecule has 0 aliphatic carbocycles. The van der Waals surface area contributed by atoms with Gasteiger partial charge in [-0.1, -0.05) is 287 Å². The van der Waals surface area contributed by atoms with Gasteiger partial charge in [0.15, 0.2) is 34.2 Å². The summed E-state index contributed by atoms with van der Waals surface area (Å²) in [4.78, 5) is 73.7. The van der Waals surface area contributed by atoms with E-state index in [1.54, 1.807) is 18.2 Å². The number of carbonyl (C=O) groups excluding carboxylic acids is 6. The second kappa shape index (κ2) is 56.9. The number of amides is 6. The largest absolute Gasteiger partial charge is 0.361 e. The average Bonchev–Trinajstić information content (AvgIpc) is 1.65. The molecule has 0 aliphatic heterocycles. The van der Waals surface area contributed by atoms with Crippen molar-refractivity contribution in [2.24, 2.45) is 32.5 Å². The monoisotopic (exact) mass is 1720 g/mol. The second-order valence-corrected chi connectivity index (χ2v) is 37.0. The fourth-order valence-electron chi connectivity index (χ4n) is 14.9. The van der Waals surface area contributed by atoms with Crippen LogP contribution in [0, 0.1) is 53.3 Å². The molecule has 6 aromatic rings. The Kier molecular flexibility index (Phi) is 52.3. The zero-order valence-corrected chi connectivity index (χ0v) is 83.5. The number of nitrogens with zero attached hydrogens (tertiary/aromatic N) is 6. The molecule has 24 nitrogen and oxygen atoms in total. The summed E-state index contributed by atoms with van der Waals surface area (Å²) in [6.07, 6.45) is 32.0. The SMILES string of the molecule is CCCCC(C)(C)C(C)NC(=O)c1cc(CC)on1.CCCCC(C)(C)C(C)NC(=O)c1noc(CC)c1C.CCCCC(C)(CC)C(C)NC(=O)c1cc(CC)on1.CCCCC(C)(CC)C(C)NC(=O)c1noc(CC)c1C.CCCCC(C)(CCC)C(C)NC(=O)c1cc(CC)on1.CCCCC(C)(CCC)C(C)NC(=O)c1noc(CC)c1C. The van der Waals surface area contributed by atoms with Crippen LogP contribution in [-0.2, 0) is 38.5 Å². The van der Waals surface area contributed by atoms with E-state index in [1.165, 1.54) is 77.0 Å². The number of rotatable bonds is 48. The molecule has 0 saturated carbocycles. The number of carbonyl (C=O) groups is 6. The average molecular weight is 1720 g/mol. The third-order valence-corrected chi connectivity index (χ3v) is 26.7. The zero-order chi connectivity index (χ0) is 93.7. The summed E-state index contributed by atoms with van der Waals surface area (Å²) in [5, 5.41) is 41.7. The van der Waals surface area contributed by atoms with Crippen LogP contribution < -0.4 is 31.9 Å². The standard InChI is InChI=1S/C18H32N2O2.2C17H30N2O2.2C16H28N2O2.C15H26N2O2/c1-7-10-12-18(6,11-8-2)14(5)19-17(21)16-13(4)15(9-3)22-20-16;1-7-10-11-17(6,9-3)13(5)18-16(20)15-12(4)14(8-2)21-19-15;1-6-9-11-17(5,10-7-2)13(4)18-16(20)15-12-14(8-3)21-19-15;1-7-9-10-16(5,6)12(4)17-15(19)14-11(3)13(8-2)20-18-14;1-6-9-10-16(5,8-3)12(4)17-15(19)14-11-13(7-2)20-18-14;1-6-8-9-15(4,5)11(3)16-14(18)13-10-12(7-2)19-17-13/h14H,7-12H2,1-6H3,(H,19,21);13H,7-11H2,1-6H3,(H,18,20);12-13H,6-11H2,1-5H3,(H,18,20);12H,7-10H2,1-6H3,(H,17,19);11-12H,6-10H2,1-5H3,(H,17,19);10-11H,6-9H2,1-5H3,(H,16,18). The second-order valence-electron chi connectivity index (χ2n) is 37.0. The number of unbranched alkanes of at least 4 members (excludes halogenated alkanes) is 6. The lowest BCUT2D eigenvalue weighted by atomic mass is 9.75. The van der Waals surface area contributed by atoms with Gasteiger partial charge in [-0.25, -0.2) is 0 Å². The Labute approximate surface area is 743 Å². The Bertz CT molecular complexity index is 3970. The first-order chi connectivity index (χ1) is 57.9.